The lowest BCUT2D eigenvalue weighted by Gasteiger charge is -2.37. The van der Waals surface area contributed by atoms with Crippen molar-refractivity contribution in [3.05, 3.63) is 76.9 Å². The molecule has 0 aliphatic carbocycles. The van der Waals surface area contributed by atoms with Crippen LogP contribution >= 0.6 is 23.8 Å². The molecule has 11 heteroatoms. The lowest BCUT2D eigenvalue weighted by molar-refractivity contribution is -0.141. The average Bonchev–Trinajstić information content (AvgIpc) is 2.83. The highest BCUT2D eigenvalue weighted by Gasteiger charge is 2.34. The van der Waals surface area contributed by atoms with Crippen LogP contribution in [-0.2, 0) is 12.7 Å². The topological polar surface area (TPSA) is 56.3 Å². The molecular weight excluding hydrogens is 485 g/mol. The Bertz CT molecular complexity index is 1120. The van der Waals surface area contributed by atoms with E-state index >= 15 is 0 Å². The molecule has 3 aromatic rings. The molecule has 6 nitrogen and oxygen atoms in total. The largest absolute Gasteiger partial charge is 0.433 e. The number of benzene rings is 2. The number of hydrogen-bond donors (Lipinski definition) is 2. The number of hydrogen-bond acceptors (Lipinski definition) is 5. The predicted octanol–water partition coefficient (Wildman–Crippen LogP) is 4.96. The minimum absolute atomic E-state index is 0.120. The molecule has 0 radical (unpaired) electrons. The third-order valence-electron chi connectivity index (χ3n) is 5.32. The molecule has 1 aliphatic rings. The first kappa shape index (κ1) is 24.0. The number of aromatic nitrogens is 2. The number of alkyl halides is 3. The molecular formula is C23H22ClF3N6S. The van der Waals surface area contributed by atoms with Gasteiger partial charge in [-0.1, -0.05) is 41.9 Å². The van der Waals surface area contributed by atoms with E-state index in [1.54, 1.807) is 12.1 Å². The number of nitrogens with zero attached hydrogens (tertiary/aromatic N) is 4. The van der Waals surface area contributed by atoms with Crippen LogP contribution in [0, 0.1) is 0 Å². The van der Waals surface area contributed by atoms with Crippen molar-refractivity contribution in [1.29, 1.82) is 0 Å². The maximum Gasteiger partial charge on any atom is 0.433 e. The van der Waals surface area contributed by atoms with E-state index in [1.807, 2.05) is 47.4 Å². The van der Waals surface area contributed by atoms with Crippen LogP contribution in [0.2, 0.25) is 5.02 Å². The van der Waals surface area contributed by atoms with Gasteiger partial charge in [-0.15, -0.1) is 0 Å². The summed E-state index contributed by atoms with van der Waals surface area (Å²) in [5.41, 5.74) is 0.974. The average molecular weight is 507 g/mol. The van der Waals surface area contributed by atoms with E-state index in [1.165, 1.54) is 0 Å². The summed E-state index contributed by atoms with van der Waals surface area (Å²) in [6, 6.07) is 18.0. The van der Waals surface area contributed by atoms with E-state index in [0.29, 0.717) is 37.7 Å². The van der Waals surface area contributed by atoms with Crippen LogP contribution in [0.25, 0.3) is 0 Å². The molecule has 4 rings (SSSR count). The zero-order valence-corrected chi connectivity index (χ0v) is 19.6. The van der Waals surface area contributed by atoms with Crippen LogP contribution < -0.4 is 20.4 Å². The third-order valence-corrected chi connectivity index (χ3v) is 5.82. The van der Waals surface area contributed by atoms with Gasteiger partial charge in [-0.05, 0) is 42.0 Å². The third kappa shape index (κ3) is 6.27. The molecule has 0 spiro atoms. The summed E-state index contributed by atoms with van der Waals surface area (Å²) >= 11 is 11.1. The maximum atomic E-state index is 13.5. The number of halogens is 4. The van der Waals surface area contributed by atoms with Crippen LogP contribution in [0.1, 0.15) is 11.3 Å². The fourth-order valence-electron chi connectivity index (χ4n) is 3.56. The maximum absolute atomic E-state index is 13.5. The molecule has 0 amide bonds. The van der Waals surface area contributed by atoms with Crippen molar-refractivity contribution in [3.8, 4) is 0 Å². The number of rotatable bonds is 5. The molecule has 1 fully saturated rings. The van der Waals surface area contributed by atoms with Crippen molar-refractivity contribution >= 4 is 46.4 Å². The van der Waals surface area contributed by atoms with Gasteiger partial charge in [-0.2, -0.15) is 18.2 Å². The Hall–Kier alpha value is -3.11. The molecule has 178 valence electrons. The van der Waals surface area contributed by atoms with Crippen molar-refractivity contribution in [1.82, 2.24) is 15.3 Å². The van der Waals surface area contributed by atoms with Gasteiger partial charge in [0, 0.05) is 49.5 Å². The highest BCUT2D eigenvalue weighted by atomic mass is 35.5. The first-order valence-corrected chi connectivity index (χ1v) is 11.4. The van der Waals surface area contributed by atoms with Crippen molar-refractivity contribution in [3.63, 3.8) is 0 Å². The molecule has 0 saturated carbocycles. The first-order valence-electron chi connectivity index (χ1n) is 10.6. The number of para-hydroxylation sites is 1. The molecule has 1 saturated heterocycles. The summed E-state index contributed by atoms with van der Waals surface area (Å²) in [6.07, 6.45) is -4.61. The van der Waals surface area contributed by atoms with Crippen LogP contribution in [0.5, 0.6) is 0 Å². The Balaban J connectivity index is 1.44. The monoisotopic (exact) mass is 506 g/mol. The van der Waals surface area contributed by atoms with Gasteiger partial charge >= 0.3 is 6.18 Å². The van der Waals surface area contributed by atoms with Crippen LogP contribution in [0.4, 0.5) is 30.6 Å². The van der Waals surface area contributed by atoms with Crippen molar-refractivity contribution in [2.75, 3.05) is 41.3 Å². The predicted molar refractivity (Wildman–Crippen MR) is 132 cm³/mol. The number of thiocarbonyl (C=S) groups is 1. The normalized spacial score (nSPS) is 14.1. The second-order valence-corrected chi connectivity index (χ2v) is 8.52. The van der Waals surface area contributed by atoms with Gasteiger partial charge in [-0.3, -0.25) is 0 Å². The molecule has 2 aromatic carbocycles. The van der Waals surface area contributed by atoms with Gasteiger partial charge in [0.1, 0.15) is 5.82 Å². The highest BCUT2D eigenvalue weighted by Crippen LogP contribution is 2.31. The van der Waals surface area contributed by atoms with E-state index in [0.717, 1.165) is 17.3 Å². The van der Waals surface area contributed by atoms with Gasteiger partial charge in [0.05, 0.1) is 0 Å². The van der Waals surface area contributed by atoms with Crippen LogP contribution in [-0.4, -0.2) is 41.3 Å². The van der Waals surface area contributed by atoms with Gasteiger partial charge in [0.15, 0.2) is 10.8 Å². The molecule has 1 aliphatic heterocycles. The second kappa shape index (κ2) is 10.4. The standard InChI is InChI=1S/C23H22ClF3N6S/c24-17-8-6-16(7-9-17)15-28-22(34)31-21-29-19(23(25,26)27)14-20(30-21)33-12-10-32(11-13-33)18-4-2-1-3-5-18/h1-9,14H,10-13,15H2,(H2,28,29,30,31,34). The minimum Gasteiger partial charge on any atom is -0.368 e. The Labute approximate surface area is 205 Å². The number of piperazine rings is 1. The second-order valence-electron chi connectivity index (χ2n) is 7.68. The number of nitrogens with one attached hydrogen (secondary N) is 2. The SMILES string of the molecule is FC(F)(F)c1cc(N2CCN(c3ccccc3)CC2)nc(NC(=S)NCc2ccc(Cl)cc2)n1. The Morgan fingerprint density at radius 2 is 1.59 bits per heavy atom. The van der Waals surface area contributed by atoms with E-state index in [2.05, 4.69) is 25.5 Å². The van der Waals surface area contributed by atoms with Crippen LogP contribution in [0.3, 0.4) is 0 Å². The Morgan fingerprint density at radius 3 is 2.24 bits per heavy atom. The lowest BCUT2D eigenvalue weighted by atomic mass is 10.2. The molecule has 1 aromatic heterocycles. The van der Waals surface area contributed by atoms with Gasteiger partial charge in [-0.25, -0.2) is 4.98 Å². The van der Waals surface area contributed by atoms with Crippen molar-refractivity contribution < 1.29 is 13.2 Å². The zero-order chi connectivity index (χ0) is 24.1. The molecule has 0 unspecified atom stereocenters. The summed E-state index contributed by atoms with van der Waals surface area (Å²) in [5.74, 6) is 0.00181. The smallest absolute Gasteiger partial charge is 0.368 e. The van der Waals surface area contributed by atoms with E-state index in [-0.39, 0.29) is 16.9 Å². The summed E-state index contributed by atoms with van der Waals surface area (Å²) in [7, 11) is 0. The molecule has 34 heavy (non-hydrogen) atoms. The highest BCUT2D eigenvalue weighted by molar-refractivity contribution is 7.80. The first-order chi connectivity index (χ1) is 16.3. The zero-order valence-electron chi connectivity index (χ0n) is 18.0. The molecule has 0 bridgehead atoms. The van der Waals surface area contributed by atoms with Crippen LogP contribution in [0.15, 0.2) is 60.7 Å². The minimum atomic E-state index is -4.61. The van der Waals surface area contributed by atoms with Gasteiger partial charge < -0.3 is 20.4 Å². The van der Waals surface area contributed by atoms with E-state index in [9.17, 15) is 13.2 Å². The Morgan fingerprint density at radius 1 is 0.941 bits per heavy atom. The van der Waals surface area contributed by atoms with Crippen molar-refractivity contribution in [2.24, 2.45) is 0 Å². The van der Waals surface area contributed by atoms with Gasteiger partial charge in [0.2, 0.25) is 5.95 Å². The molecule has 0 atom stereocenters. The molecule has 2 heterocycles. The van der Waals surface area contributed by atoms with Gasteiger partial charge in [0.25, 0.3) is 0 Å². The van der Waals surface area contributed by atoms with Crippen molar-refractivity contribution in [2.45, 2.75) is 12.7 Å². The summed E-state index contributed by atoms with van der Waals surface area (Å²) in [5, 5.41) is 6.36. The summed E-state index contributed by atoms with van der Waals surface area (Å²) in [4.78, 5) is 12.0. The summed E-state index contributed by atoms with van der Waals surface area (Å²) < 4.78 is 40.6. The molecule has 2 N–H and O–H groups in total. The fourth-order valence-corrected chi connectivity index (χ4v) is 3.85. The summed E-state index contributed by atoms with van der Waals surface area (Å²) in [6.45, 7) is 2.76. The lowest BCUT2D eigenvalue weighted by Crippen LogP contribution is -2.47. The number of anilines is 3. The quantitative estimate of drug-likeness (QED) is 0.474. The Kier molecular flexibility index (Phi) is 7.38. The van der Waals surface area contributed by atoms with E-state index in [4.69, 9.17) is 23.8 Å². The fraction of sp³-hybridized carbons (Fsp3) is 0.261. The van der Waals surface area contributed by atoms with E-state index < -0.39 is 11.9 Å².